The average Bonchev–Trinajstić information content (AvgIpc) is 3.34. The molecule has 0 spiro atoms. The van der Waals surface area contributed by atoms with Gasteiger partial charge in [-0.25, -0.2) is 4.98 Å². The Bertz CT molecular complexity index is 680. The summed E-state index contributed by atoms with van der Waals surface area (Å²) in [4.78, 5) is 16.0. The minimum atomic E-state index is 0.0796. The van der Waals surface area contributed by atoms with Gasteiger partial charge in [0.25, 0.3) is 0 Å². The highest BCUT2D eigenvalue weighted by Gasteiger charge is 2.29. The molecule has 1 saturated carbocycles. The summed E-state index contributed by atoms with van der Waals surface area (Å²) in [6, 6.07) is 12.2. The summed E-state index contributed by atoms with van der Waals surface area (Å²) in [6.07, 6.45) is 3.73. The van der Waals surface area contributed by atoms with E-state index in [1.807, 2.05) is 12.1 Å². The van der Waals surface area contributed by atoms with Crippen LogP contribution in [0.1, 0.15) is 39.2 Å². The van der Waals surface area contributed by atoms with Gasteiger partial charge in [-0.3, -0.25) is 4.79 Å². The Morgan fingerprint density at radius 2 is 1.70 bits per heavy atom. The van der Waals surface area contributed by atoms with Crippen molar-refractivity contribution in [2.75, 3.05) is 10.6 Å². The lowest BCUT2D eigenvalue weighted by Crippen LogP contribution is -2.14. The van der Waals surface area contributed by atoms with Crippen molar-refractivity contribution in [1.29, 1.82) is 0 Å². The fraction of sp³-hybridized carbons (Fsp3) is 0.368. The number of carbonyl (C=O) groups excluding carboxylic acids is 1. The predicted octanol–water partition coefficient (Wildman–Crippen LogP) is 4.47. The van der Waals surface area contributed by atoms with E-state index in [4.69, 9.17) is 0 Å². The Balaban J connectivity index is 1.62. The van der Waals surface area contributed by atoms with Gasteiger partial charge in [0.05, 0.1) is 11.9 Å². The van der Waals surface area contributed by atoms with E-state index in [0.29, 0.717) is 5.82 Å². The van der Waals surface area contributed by atoms with Crippen LogP contribution >= 0.6 is 0 Å². The number of benzene rings is 1. The second-order valence-electron chi connectivity index (χ2n) is 7.15. The minimum absolute atomic E-state index is 0.0796. The van der Waals surface area contributed by atoms with Crippen molar-refractivity contribution in [1.82, 2.24) is 4.98 Å². The summed E-state index contributed by atoms with van der Waals surface area (Å²) in [7, 11) is 0. The Morgan fingerprint density at radius 1 is 1.04 bits per heavy atom. The van der Waals surface area contributed by atoms with Crippen LogP contribution in [0.25, 0.3) is 0 Å². The molecule has 4 nitrogen and oxygen atoms in total. The molecule has 2 N–H and O–H groups in total. The number of hydrogen-bond donors (Lipinski definition) is 2. The van der Waals surface area contributed by atoms with Crippen molar-refractivity contribution >= 4 is 23.1 Å². The quantitative estimate of drug-likeness (QED) is 0.876. The molecule has 4 heteroatoms. The second-order valence-corrected chi connectivity index (χ2v) is 7.15. The van der Waals surface area contributed by atoms with Crippen molar-refractivity contribution in [2.45, 2.75) is 39.0 Å². The first kappa shape index (κ1) is 15.5. The molecule has 1 aromatic carbocycles. The van der Waals surface area contributed by atoms with Gasteiger partial charge in [-0.2, -0.15) is 0 Å². The Morgan fingerprint density at radius 3 is 2.22 bits per heavy atom. The van der Waals surface area contributed by atoms with Crippen LogP contribution in [0, 0.1) is 5.92 Å². The van der Waals surface area contributed by atoms with Crippen LogP contribution in [0.4, 0.5) is 17.2 Å². The van der Waals surface area contributed by atoms with E-state index in [9.17, 15) is 4.79 Å². The van der Waals surface area contributed by atoms with Gasteiger partial charge in [0.1, 0.15) is 5.82 Å². The van der Waals surface area contributed by atoms with Crippen molar-refractivity contribution in [3.63, 3.8) is 0 Å². The summed E-state index contributed by atoms with van der Waals surface area (Å²) < 4.78 is 0. The largest absolute Gasteiger partial charge is 0.354 e. The van der Waals surface area contributed by atoms with E-state index in [0.717, 1.165) is 24.2 Å². The van der Waals surface area contributed by atoms with E-state index >= 15 is 0 Å². The average molecular weight is 309 g/mol. The zero-order valence-corrected chi connectivity index (χ0v) is 13.9. The fourth-order valence-corrected chi connectivity index (χ4v) is 2.34. The van der Waals surface area contributed by atoms with E-state index in [1.165, 1.54) is 5.56 Å². The van der Waals surface area contributed by atoms with Gasteiger partial charge in [-0.1, -0.05) is 32.9 Å². The number of hydrogen-bond acceptors (Lipinski definition) is 3. The van der Waals surface area contributed by atoms with Gasteiger partial charge in [0.2, 0.25) is 5.91 Å². The number of nitrogens with zero attached hydrogens (tertiary/aromatic N) is 1. The van der Waals surface area contributed by atoms with Gasteiger partial charge in [-0.05, 0) is 48.1 Å². The van der Waals surface area contributed by atoms with E-state index in [1.54, 1.807) is 6.20 Å². The predicted molar refractivity (Wildman–Crippen MR) is 94.0 cm³/mol. The highest BCUT2D eigenvalue weighted by Crippen LogP contribution is 2.30. The first-order chi connectivity index (χ1) is 10.9. The van der Waals surface area contributed by atoms with Gasteiger partial charge >= 0.3 is 0 Å². The van der Waals surface area contributed by atoms with Crippen LogP contribution in [0.5, 0.6) is 0 Å². The molecule has 1 aliphatic rings. The maximum atomic E-state index is 11.7. The van der Waals surface area contributed by atoms with Crippen LogP contribution in [0.2, 0.25) is 0 Å². The Hall–Kier alpha value is -2.36. The van der Waals surface area contributed by atoms with Crippen molar-refractivity contribution < 1.29 is 4.79 Å². The molecule has 0 radical (unpaired) electrons. The molecule has 0 atom stereocenters. The van der Waals surface area contributed by atoms with E-state index in [-0.39, 0.29) is 17.2 Å². The molecule has 2 aromatic rings. The smallest absolute Gasteiger partial charge is 0.228 e. The number of rotatable bonds is 4. The lowest BCUT2D eigenvalue weighted by atomic mass is 9.87. The molecule has 1 heterocycles. The van der Waals surface area contributed by atoms with Gasteiger partial charge in [0, 0.05) is 11.6 Å². The molecule has 0 aliphatic heterocycles. The minimum Gasteiger partial charge on any atom is -0.354 e. The first-order valence-electron chi connectivity index (χ1n) is 8.06. The monoisotopic (exact) mass is 309 g/mol. The molecule has 1 amide bonds. The zero-order chi connectivity index (χ0) is 16.4. The number of amides is 1. The van der Waals surface area contributed by atoms with Crippen LogP contribution in [0.3, 0.4) is 0 Å². The number of aromatic nitrogens is 1. The van der Waals surface area contributed by atoms with Crippen LogP contribution in [0.15, 0.2) is 42.6 Å². The third-order valence-corrected chi connectivity index (χ3v) is 4.00. The first-order valence-corrected chi connectivity index (χ1v) is 8.06. The molecule has 1 aromatic heterocycles. The molecule has 0 bridgehead atoms. The lowest BCUT2D eigenvalue weighted by Gasteiger charge is -2.19. The molecular formula is C19H23N3O. The third-order valence-electron chi connectivity index (χ3n) is 4.00. The molecule has 0 unspecified atom stereocenters. The van der Waals surface area contributed by atoms with Crippen LogP contribution < -0.4 is 10.6 Å². The third kappa shape index (κ3) is 4.09. The number of pyridine rings is 1. The zero-order valence-electron chi connectivity index (χ0n) is 13.9. The topological polar surface area (TPSA) is 54.0 Å². The van der Waals surface area contributed by atoms with Gasteiger partial charge in [0.15, 0.2) is 0 Å². The summed E-state index contributed by atoms with van der Waals surface area (Å²) >= 11 is 0. The summed E-state index contributed by atoms with van der Waals surface area (Å²) in [5.74, 6) is 0.877. The van der Waals surface area contributed by atoms with Crippen molar-refractivity contribution in [2.24, 2.45) is 5.92 Å². The highest BCUT2D eigenvalue weighted by atomic mass is 16.2. The van der Waals surface area contributed by atoms with Gasteiger partial charge < -0.3 is 10.6 Å². The normalized spacial score (nSPS) is 14.4. The number of anilines is 3. The summed E-state index contributed by atoms with van der Waals surface area (Å²) in [6.45, 7) is 6.61. The van der Waals surface area contributed by atoms with E-state index < -0.39 is 0 Å². The molecule has 3 rings (SSSR count). The van der Waals surface area contributed by atoms with Crippen LogP contribution in [-0.4, -0.2) is 10.9 Å². The number of carbonyl (C=O) groups is 1. The highest BCUT2D eigenvalue weighted by molar-refractivity contribution is 5.93. The molecule has 120 valence electrons. The molecule has 23 heavy (non-hydrogen) atoms. The SMILES string of the molecule is CC(C)(C)c1ccc(Nc2ccc(NC(=O)C3CC3)nc2)cc1. The van der Waals surface area contributed by atoms with E-state index in [2.05, 4.69) is 60.7 Å². The molecule has 1 fully saturated rings. The standard InChI is InChI=1S/C19H23N3O/c1-19(2,3)14-6-8-15(9-7-14)21-16-10-11-17(20-12-16)22-18(23)13-4-5-13/h6-13,21H,4-5H2,1-3H3,(H,20,22,23). The number of nitrogens with one attached hydrogen (secondary N) is 2. The maximum absolute atomic E-state index is 11.7. The molecular weight excluding hydrogens is 286 g/mol. The van der Waals surface area contributed by atoms with Crippen LogP contribution in [-0.2, 0) is 10.2 Å². The fourth-order valence-electron chi connectivity index (χ4n) is 2.34. The summed E-state index contributed by atoms with van der Waals surface area (Å²) in [5.41, 5.74) is 3.38. The Labute approximate surface area is 137 Å². The molecule has 1 aliphatic carbocycles. The maximum Gasteiger partial charge on any atom is 0.228 e. The molecule has 0 saturated heterocycles. The van der Waals surface area contributed by atoms with Crippen molar-refractivity contribution in [3.8, 4) is 0 Å². The van der Waals surface area contributed by atoms with Gasteiger partial charge in [-0.15, -0.1) is 0 Å². The summed E-state index contributed by atoms with van der Waals surface area (Å²) in [5, 5.41) is 6.16. The lowest BCUT2D eigenvalue weighted by molar-refractivity contribution is -0.117. The second kappa shape index (κ2) is 6.03. The Kier molecular flexibility index (Phi) is 4.07. The van der Waals surface area contributed by atoms with Crippen molar-refractivity contribution in [3.05, 3.63) is 48.2 Å².